The standard InChI is InChI=1S/C19H20N2O4/c1-12-8-13(2)10-15(9-12)19(24)21-16-6-4-14(5-7-16)18(23)20-11-17(22)25-3/h4-10H,11H2,1-3H3,(H,20,23)(H,21,24). The third kappa shape index (κ3) is 5.17. The number of methoxy groups -OCH3 is 1. The third-order valence-corrected chi connectivity index (χ3v) is 3.51. The second-order valence-electron chi connectivity index (χ2n) is 5.67. The van der Waals surface area contributed by atoms with Gasteiger partial charge in [-0.2, -0.15) is 0 Å². The minimum absolute atomic E-state index is 0.194. The summed E-state index contributed by atoms with van der Waals surface area (Å²) < 4.78 is 4.46. The van der Waals surface area contributed by atoms with Crippen LogP contribution in [0.5, 0.6) is 0 Å². The highest BCUT2D eigenvalue weighted by Crippen LogP contribution is 2.14. The van der Waals surface area contributed by atoms with E-state index in [0.717, 1.165) is 11.1 Å². The highest BCUT2D eigenvalue weighted by atomic mass is 16.5. The molecule has 0 unspecified atom stereocenters. The zero-order valence-corrected chi connectivity index (χ0v) is 14.4. The molecule has 0 aliphatic carbocycles. The predicted molar refractivity (Wildman–Crippen MR) is 94.7 cm³/mol. The highest BCUT2D eigenvalue weighted by molar-refractivity contribution is 6.05. The molecule has 0 fully saturated rings. The summed E-state index contributed by atoms with van der Waals surface area (Å²) in [5.74, 6) is -1.13. The number of rotatable bonds is 5. The van der Waals surface area contributed by atoms with Gasteiger partial charge < -0.3 is 15.4 Å². The van der Waals surface area contributed by atoms with Crippen LogP contribution in [0.2, 0.25) is 0 Å². The van der Waals surface area contributed by atoms with Crippen LogP contribution in [-0.4, -0.2) is 31.4 Å². The Morgan fingerprint density at radius 3 is 2.04 bits per heavy atom. The van der Waals surface area contributed by atoms with E-state index in [0.29, 0.717) is 16.8 Å². The van der Waals surface area contributed by atoms with Crippen LogP contribution in [0.3, 0.4) is 0 Å². The molecule has 0 bridgehead atoms. The van der Waals surface area contributed by atoms with E-state index in [1.54, 1.807) is 24.3 Å². The van der Waals surface area contributed by atoms with Crippen molar-refractivity contribution in [2.75, 3.05) is 19.0 Å². The largest absolute Gasteiger partial charge is 0.468 e. The van der Waals surface area contributed by atoms with Crippen LogP contribution in [0.25, 0.3) is 0 Å². The van der Waals surface area contributed by atoms with Crippen molar-refractivity contribution >= 4 is 23.5 Å². The Labute approximate surface area is 146 Å². The molecule has 2 amide bonds. The summed E-state index contributed by atoms with van der Waals surface area (Å²) in [5.41, 5.74) is 3.57. The normalized spacial score (nSPS) is 10.0. The van der Waals surface area contributed by atoms with Gasteiger partial charge in [0.2, 0.25) is 0 Å². The van der Waals surface area contributed by atoms with E-state index >= 15 is 0 Å². The molecule has 0 saturated carbocycles. The van der Waals surface area contributed by atoms with Crippen molar-refractivity contribution in [2.45, 2.75) is 13.8 Å². The fourth-order valence-corrected chi connectivity index (χ4v) is 2.34. The zero-order valence-electron chi connectivity index (χ0n) is 14.4. The Hall–Kier alpha value is -3.15. The lowest BCUT2D eigenvalue weighted by molar-refractivity contribution is -0.139. The number of hydrogen-bond acceptors (Lipinski definition) is 4. The molecule has 6 nitrogen and oxygen atoms in total. The quantitative estimate of drug-likeness (QED) is 0.819. The van der Waals surface area contributed by atoms with Gasteiger partial charge in [-0.3, -0.25) is 14.4 Å². The summed E-state index contributed by atoms with van der Waals surface area (Å²) in [4.78, 5) is 35.2. The molecule has 2 rings (SSSR count). The van der Waals surface area contributed by atoms with Gasteiger partial charge in [0.05, 0.1) is 7.11 Å². The first-order valence-electron chi connectivity index (χ1n) is 7.74. The van der Waals surface area contributed by atoms with Gasteiger partial charge in [-0.25, -0.2) is 0 Å². The van der Waals surface area contributed by atoms with Crippen LogP contribution < -0.4 is 10.6 Å². The van der Waals surface area contributed by atoms with E-state index in [1.807, 2.05) is 32.0 Å². The monoisotopic (exact) mass is 340 g/mol. The van der Waals surface area contributed by atoms with Crippen LogP contribution in [-0.2, 0) is 9.53 Å². The van der Waals surface area contributed by atoms with Gasteiger partial charge in [-0.05, 0) is 50.2 Å². The maximum atomic E-state index is 12.3. The van der Waals surface area contributed by atoms with E-state index < -0.39 is 11.9 Å². The summed E-state index contributed by atoms with van der Waals surface area (Å²) in [5, 5.41) is 5.24. The highest BCUT2D eigenvalue weighted by Gasteiger charge is 2.10. The Bertz CT molecular complexity index is 777. The second-order valence-corrected chi connectivity index (χ2v) is 5.67. The Morgan fingerprint density at radius 2 is 1.48 bits per heavy atom. The molecule has 130 valence electrons. The van der Waals surface area contributed by atoms with Crippen molar-refractivity contribution in [1.82, 2.24) is 5.32 Å². The smallest absolute Gasteiger partial charge is 0.325 e. The number of ether oxygens (including phenoxy) is 1. The Morgan fingerprint density at radius 1 is 0.880 bits per heavy atom. The van der Waals surface area contributed by atoms with E-state index in [2.05, 4.69) is 15.4 Å². The molecule has 6 heteroatoms. The molecular formula is C19H20N2O4. The summed E-state index contributed by atoms with van der Waals surface area (Å²) in [6, 6.07) is 12.0. The number of hydrogen-bond donors (Lipinski definition) is 2. The third-order valence-electron chi connectivity index (χ3n) is 3.51. The molecular weight excluding hydrogens is 320 g/mol. The number of esters is 1. The maximum Gasteiger partial charge on any atom is 0.325 e. The summed E-state index contributed by atoms with van der Waals surface area (Å²) in [6.07, 6.45) is 0. The van der Waals surface area contributed by atoms with Gasteiger partial charge in [-0.1, -0.05) is 17.2 Å². The number of carbonyl (C=O) groups excluding carboxylic acids is 3. The van der Waals surface area contributed by atoms with Gasteiger partial charge in [0, 0.05) is 16.8 Å². The zero-order chi connectivity index (χ0) is 18.4. The first kappa shape index (κ1) is 18.2. The molecule has 25 heavy (non-hydrogen) atoms. The van der Waals surface area contributed by atoms with Crippen molar-refractivity contribution < 1.29 is 19.1 Å². The van der Waals surface area contributed by atoms with Crippen molar-refractivity contribution in [3.8, 4) is 0 Å². The first-order chi connectivity index (χ1) is 11.9. The fraction of sp³-hybridized carbons (Fsp3) is 0.211. The van der Waals surface area contributed by atoms with Gasteiger partial charge in [0.15, 0.2) is 0 Å². The number of carbonyl (C=O) groups is 3. The molecule has 0 radical (unpaired) electrons. The van der Waals surface area contributed by atoms with Crippen molar-refractivity contribution in [2.24, 2.45) is 0 Å². The van der Waals surface area contributed by atoms with E-state index in [9.17, 15) is 14.4 Å². The van der Waals surface area contributed by atoms with Crippen molar-refractivity contribution in [3.63, 3.8) is 0 Å². The molecule has 0 spiro atoms. The van der Waals surface area contributed by atoms with Crippen LogP contribution in [0.1, 0.15) is 31.8 Å². The van der Waals surface area contributed by atoms with Crippen molar-refractivity contribution in [1.29, 1.82) is 0 Å². The van der Waals surface area contributed by atoms with Crippen LogP contribution in [0, 0.1) is 13.8 Å². The maximum absolute atomic E-state index is 12.3. The molecule has 2 N–H and O–H groups in total. The van der Waals surface area contributed by atoms with Crippen LogP contribution in [0.4, 0.5) is 5.69 Å². The molecule has 0 aliphatic rings. The minimum Gasteiger partial charge on any atom is -0.468 e. The number of amides is 2. The first-order valence-corrected chi connectivity index (χ1v) is 7.74. The van der Waals surface area contributed by atoms with Gasteiger partial charge in [0.25, 0.3) is 11.8 Å². The minimum atomic E-state index is -0.523. The lowest BCUT2D eigenvalue weighted by Crippen LogP contribution is -2.30. The Balaban J connectivity index is 2.01. The van der Waals surface area contributed by atoms with Crippen molar-refractivity contribution in [3.05, 3.63) is 64.7 Å². The van der Waals surface area contributed by atoms with Crippen LogP contribution in [0.15, 0.2) is 42.5 Å². The number of aryl methyl sites for hydroxylation is 2. The Kier molecular flexibility index (Phi) is 5.89. The molecule has 0 heterocycles. The lowest BCUT2D eigenvalue weighted by atomic mass is 10.1. The molecule has 2 aromatic rings. The molecule has 0 saturated heterocycles. The predicted octanol–water partition coefficient (Wildman–Crippen LogP) is 2.46. The molecule has 0 aliphatic heterocycles. The van der Waals surface area contributed by atoms with E-state index in [1.165, 1.54) is 7.11 Å². The van der Waals surface area contributed by atoms with E-state index in [-0.39, 0.29) is 12.5 Å². The lowest BCUT2D eigenvalue weighted by Gasteiger charge is -2.08. The molecule has 0 atom stereocenters. The fourth-order valence-electron chi connectivity index (χ4n) is 2.34. The second kappa shape index (κ2) is 8.10. The summed E-state index contributed by atoms with van der Waals surface area (Å²) in [7, 11) is 1.25. The van der Waals surface area contributed by atoms with Gasteiger partial charge in [0.1, 0.15) is 6.54 Å². The summed E-state index contributed by atoms with van der Waals surface area (Å²) >= 11 is 0. The average molecular weight is 340 g/mol. The average Bonchev–Trinajstić information content (AvgIpc) is 2.59. The molecule has 2 aromatic carbocycles. The topological polar surface area (TPSA) is 84.5 Å². The number of anilines is 1. The van der Waals surface area contributed by atoms with Crippen LogP contribution >= 0.6 is 0 Å². The summed E-state index contributed by atoms with van der Waals surface area (Å²) in [6.45, 7) is 3.68. The number of benzene rings is 2. The SMILES string of the molecule is COC(=O)CNC(=O)c1ccc(NC(=O)c2cc(C)cc(C)c2)cc1. The van der Waals surface area contributed by atoms with E-state index in [4.69, 9.17) is 0 Å². The van der Waals surface area contributed by atoms with Gasteiger partial charge in [-0.15, -0.1) is 0 Å². The number of nitrogens with one attached hydrogen (secondary N) is 2. The molecule has 0 aromatic heterocycles. The van der Waals surface area contributed by atoms with Gasteiger partial charge >= 0.3 is 5.97 Å².